The number of thioether (sulfide) groups is 1. The zero-order chi connectivity index (χ0) is 20.2. The van der Waals surface area contributed by atoms with E-state index in [1.165, 1.54) is 11.8 Å². The van der Waals surface area contributed by atoms with Gasteiger partial charge >= 0.3 is 0 Å². The Labute approximate surface area is 174 Å². The van der Waals surface area contributed by atoms with E-state index in [9.17, 15) is 4.79 Å². The Bertz CT molecular complexity index is 1090. The maximum absolute atomic E-state index is 12.6. The molecule has 0 aromatic heterocycles. The van der Waals surface area contributed by atoms with Gasteiger partial charge in [-0.05, 0) is 35.4 Å². The molecule has 3 aromatic rings. The van der Waals surface area contributed by atoms with E-state index in [-0.39, 0.29) is 11.2 Å². The first kappa shape index (κ1) is 19.2. The van der Waals surface area contributed by atoms with Gasteiger partial charge in [0.25, 0.3) is 0 Å². The van der Waals surface area contributed by atoms with E-state index >= 15 is 0 Å². The Kier molecular flexibility index (Phi) is 5.62. The van der Waals surface area contributed by atoms with E-state index in [2.05, 4.69) is 28.4 Å². The Balaban J connectivity index is 1.57. The number of methoxy groups -OCH3 is 1. The summed E-state index contributed by atoms with van der Waals surface area (Å²) < 4.78 is 5.20. The van der Waals surface area contributed by atoms with E-state index in [0.29, 0.717) is 11.7 Å². The van der Waals surface area contributed by atoms with Crippen LogP contribution in [0.5, 0.6) is 5.75 Å². The lowest BCUT2D eigenvalue weighted by Crippen LogP contribution is -2.30. The monoisotopic (exact) mass is 403 g/mol. The molecular weight excluding hydrogens is 382 g/mol. The van der Waals surface area contributed by atoms with Gasteiger partial charge in [0.1, 0.15) is 5.75 Å². The molecule has 1 heterocycles. The van der Waals surface area contributed by atoms with Crippen LogP contribution in [0.2, 0.25) is 0 Å². The van der Waals surface area contributed by atoms with Crippen molar-refractivity contribution in [3.05, 3.63) is 77.9 Å². The van der Waals surface area contributed by atoms with Crippen molar-refractivity contribution < 1.29 is 9.53 Å². The van der Waals surface area contributed by atoms with Crippen LogP contribution in [0.1, 0.15) is 18.1 Å². The van der Waals surface area contributed by atoms with Crippen LogP contribution in [-0.4, -0.2) is 34.5 Å². The van der Waals surface area contributed by atoms with E-state index in [1.54, 1.807) is 18.2 Å². The average molecular weight is 404 g/mol. The number of fused-ring (bicyclic) bond motifs is 1. The van der Waals surface area contributed by atoms with Gasteiger partial charge < -0.3 is 4.74 Å². The number of carbonyl (C=O) groups excluding carboxylic acids is 1. The van der Waals surface area contributed by atoms with Crippen molar-refractivity contribution in [1.29, 1.82) is 0 Å². The van der Waals surface area contributed by atoms with Crippen LogP contribution in [-0.2, 0) is 11.3 Å². The second-order valence-corrected chi connectivity index (χ2v) is 8.04. The number of nitrogens with zero attached hydrogens (tertiary/aromatic N) is 3. The number of hydrogen-bond donors (Lipinski definition) is 0. The number of carbonyl (C=O) groups is 1. The van der Waals surface area contributed by atoms with Crippen LogP contribution >= 0.6 is 11.8 Å². The summed E-state index contributed by atoms with van der Waals surface area (Å²) >= 11 is 1.44. The highest BCUT2D eigenvalue weighted by Gasteiger charge is 2.35. The summed E-state index contributed by atoms with van der Waals surface area (Å²) in [4.78, 5) is 14.3. The Morgan fingerprint density at radius 2 is 1.83 bits per heavy atom. The fourth-order valence-electron chi connectivity index (χ4n) is 3.23. The molecule has 0 unspecified atom stereocenters. The van der Waals surface area contributed by atoms with Crippen molar-refractivity contribution in [2.24, 2.45) is 10.2 Å². The maximum atomic E-state index is 12.6. The van der Waals surface area contributed by atoms with Crippen LogP contribution in [0.3, 0.4) is 0 Å². The molecule has 1 fully saturated rings. The molecule has 29 heavy (non-hydrogen) atoms. The van der Waals surface area contributed by atoms with Crippen LogP contribution in [0.25, 0.3) is 10.8 Å². The fraction of sp³-hybridized carbons (Fsp3) is 0.174. The zero-order valence-electron chi connectivity index (χ0n) is 16.3. The molecule has 0 saturated carbocycles. The minimum atomic E-state index is -0.167. The summed E-state index contributed by atoms with van der Waals surface area (Å²) in [6.45, 7) is 2.35. The topological polar surface area (TPSA) is 54.3 Å². The van der Waals surface area contributed by atoms with Crippen LogP contribution < -0.4 is 4.74 Å². The van der Waals surface area contributed by atoms with Crippen molar-refractivity contribution in [3.63, 3.8) is 0 Å². The van der Waals surface area contributed by atoms with Crippen LogP contribution in [0, 0.1) is 0 Å². The smallest absolute Gasteiger partial charge is 0.242 e. The van der Waals surface area contributed by atoms with Crippen molar-refractivity contribution in [3.8, 4) is 5.75 Å². The fourth-order valence-corrected chi connectivity index (χ4v) is 4.15. The first-order valence-corrected chi connectivity index (χ1v) is 10.2. The molecule has 0 bridgehead atoms. The molecule has 1 amide bonds. The second kappa shape index (κ2) is 8.49. The van der Waals surface area contributed by atoms with E-state index < -0.39 is 0 Å². The quantitative estimate of drug-likeness (QED) is 0.458. The number of benzene rings is 3. The van der Waals surface area contributed by atoms with Gasteiger partial charge in [-0.2, -0.15) is 5.10 Å². The molecular formula is C23H21N3O2S. The SMILES string of the molecule is COc1ccc(CN2C(=O)[C@@H](C)S/C2=N/N=C\c2cccc3ccccc23)cc1. The first-order valence-electron chi connectivity index (χ1n) is 9.35. The van der Waals surface area contributed by atoms with Gasteiger partial charge in [0, 0.05) is 5.56 Å². The van der Waals surface area contributed by atoms with Crippen molar-refractivity contribution in [1.82, 2.24) is 4.90 Å². The minimum absolute atomic E-state index is 0.0462. The normalized spacial score (nSPS) is 18.3. The number of amidine groups is 1. The third-order valence-corrected chi connectivity index (χ3v) is 5.86. The summed E-state index contributed by atoms with van der Waals surface area (Å²) in [5.41, 5.74) is 2.01. The number of rotatable bonds is 5. The number of amides is 1. The Hall–Kier alpha value is -3.12. The maximum Gasteiger partial charge on any atom is 0.242 e. The molecule has 6 heteroatoms. The molecule has 1 aliphatic heterocycles. The molecule has 4 rings (SSSR count). The Morgan fingerprint density at radius 1 is 1.07 bits per heavy atom. The summed E-state index contributed by atoms with van der Waals surface area (Å²) in [6.07, 6.45) is 1.74. The molecule has 3 aromatic carbocycles. The van der Waals surface area contributed by atoms with Gasteiger partial charge in [-0.15, -0.1) is 5.10 Å². The molecule has 0 spiro atoms. The second-order valence-electron chi connectivity index (χ2n) is 6.73. The van der Waals surface area contributed by atoms with Crippen LogP contribution in [0.4, 0.5) is 0 Å². The summed E-state index contributed by atoms with van der Waals surface area (Å²) in [7, 11) is 1.63. The predicted octanol–water partition coefficient (Wildman–Crippen LogP) is 4.70. The van der Waals surface area contributed by atoms with Gasteiger partial charge in [0.05, 0.1) is 25.1 Å². The van der Waals surface area contributed by atoms with Crippen molar-refractivity contribution >= 4 is 39.8 Å². The highest BCUT2D eigenvalue weighted by atomic mass is 32.2. The van der Waals surface area contributed by atoms with Crippen molar-refractivity contribution in [2.45, 2.75) is 18.7 Å². The standard InChI is InChI=1S/C23H21N3O2S/c1-16-22(27)26(15-17-10-12-20(28-2)13-11-17)23(29-16)25-24-14-19-8-5-7-18-6-3-4-9-21(18)19/h3-14,16H,15H2,1-2H3/b24-14-,25-23+/t16-/m1/s1. The number of ether oxygens (including phenoxy) is 1. The number of hydrogen-bond acceptors (Lipinski definition) is 5. The largest absolute Gasteiger partial charge is 0.497 e. The summed E-state index contributed by atoms with van der Waals surface area (Å²) in [5.74, 6) is 0.836. The van der Waals surface area contributed by atoms with E-state index in [4.69, 9.17) is 4.74 Å². The van der Waals surface area contributed by atoms with E-state index in [0.717, 1.165) is 27.6 Å². The molecule has 1 aliphatic rings. The van der Waals surface area contributed by atoms with Crippen molar-refractivity contribution in [2.75, 3.05) is 7.11 Å². The first-order chi connectivity index (χ1) is 14.2. The summed E-state index contributed by atoms with van der Waals surface area (Å²) in [6, 6.07) is 21.9. The average Bonchev–Trinajstić information content (AvgIpc) is 3.02. The molecule has 0 aliphatic carbocycles. The minimum Gasteiger partial charge on any atom is -0.497 e. The Morgan fingerprint density at radius 3 is 2.62 bits per heavy atom. The zero-order valence-corrected chi connectivity index (χ0v) is 17.1. The molecule has 0 radical (unpaired) electrons. The lowest BCUT2D eigenvalue weighted by Gasteiger charge is -2.15. The van der Waals surface area contributed by atoms with Gasteiger partial charge in [0.15, 0.2) is 5.17 Å². The van der Waals surface area contributed by atoms with E-state index in [1.807, 2.05) is 55.5 Å². The van der Waals surface area contributed by atoms with Gasteiger partial charge in [-0.25, -0.2) is 0 Å². The third-order valence-electron chi connectivity index (χ3n) is 4.79. The summed E-state index contributed by atoms with van der Waals surface area (Å²) in [5, 5.41) is 11.4. The molecule has 1 saturated heterocycles. The lowest BCUT2D eigenvalue weighted by molar-refractivity contribution is -0.126. The highest BCUT2D eigenvalue weighted by molar-refractivity contribution is 8.15. The molecule has 0 N–H and O–H groups in total. The molecule has 1 atom stereocenters. The molecule has 146 valence electrons. The highest BCUT2D eigenvalue weighted by Crippen LogP contribution is 2.29. The lowest BCUT2D eigenvalue weighted by atomic mass is 10.1. The third kappa shape index (κ3) is 4.17. The molecule has 5 nitrogen and oxygen atoms in total. The van der Waals surface area contributed by atoms with Gasteiger partial charge in [0.2, 0.25) is 5.91 Å². The van der Waals surface area contributed by atoms with Gasteiger partial charge in [-0.3, -0.25) is 9.69 Å². The van der Waals surface area contributed by atoms with Crippen LogP contribution in [0.15, 0.2) is 76.9 Å². The predicted molar refractivity (Wildman–Crippen MR) is 120 cm³/mol. The van der Waals surface area contributed by atoms with Gasteiger partial charge in [-0.1, -0.05) is 66.4 Å².